The van der Waals surface area contributed by atoms with Crippen molar-refractivity contribution in [3.8, 4) is 0 Å². The summed E-state index contributed by atoms with van der Waals surface area (Å²) in [5, 5.41) is 0. The maximum absolute atomic E-state index is 11.2. The molecule has 0 N–H and O–H groups in total. The fraction of sp³-hybridized carbons (Fsp3) is 0.571. The van der Waals surface area contributed by atoms with Crippen molar-refractivity contribution in [2.45, 2.75) is 13.0 Å². The van der Waals surface area contributed by atoms with Gasteiger partial charge in [-0.15, -0.1) is 11.3 Å². The molecule has 0 saturated carbocycles. The molecule has 4 nitrogen and oxygen atoms in total. The summed E-state index contributed by atoms with van der Waals surface area (Å²) >= 11 is 1.40. The van der Waals surface area contributed by atoms with Crippen LogP contribution in [0.5, 0.6) is 0 Å². The minimum Gasteiger partial charge on any atom is -0.238 e. The quantitative estimate of drug-likeness (QED) is 0.678. The normalized spacial score (nSPS) is 18.5. The smallest absolute Gasteiger partial charge is 0.211 e. The van der Waals surface area contributed by atoms with Crippen LogP contribution in [0.1, 0.15) is 10.6 Å². The summed E-state index contributed by atoms with van der Waals surface area (Å²) in [6.45, 7) is 1.01. The van der Waals surface area contributed by atoms with Crippen molar-refractivity contribution in [1.29, 1.82) is 0 Å². The van der Waals surface area contributed by atoms with Gasteiger partial charge in [-0.3, -0.25) is 0 Å². The van der Waals surface area contributed by atoms with Crippen LogP contribution in [0, 0.1) is 5.51 Å². The average Bonchev–Trinajstić information content (AvgIpc) is 2.47. The average molecular weight is 217 g/mol. The highest BCUT2D eigenvalue weighted by Gasteiger charge is 2.24. The summed E-state index contributed by atoms with van der Waals surface area (Å²) in [5.74, 6) is 0. The second-order valence-corrected chi connectivity index (χ2v) is 5.88. The van der Waals surface area contributed by atoms with Crippen molar-refractivity contribution < 1.29 is 8.42 Å². The molecule has 13 heavy (non-hydrogen) atoms. The highest BCUT2D eigenvalue weighted by Crippen LogP contribution is 2.22. The Morgan fingerprint density at radius 1 is 1.62 bits per heavy atom. The van der Waals surface area contributed by atoms with Crippen LogP contribution in [-0.2, 0) is 23.0 Å². The summed E-state index contributed by atoms with van der Waals surface area (Å²) < 4.78 is 23.9. The van der Waals surface area contributed by atoms with Gasteiger partial charge in [-0.1, -0.05) is 0 Å². The maximum atomic E-state index is 11.2. The molecule has 0 bridgehead atoms. The molecule has 0 amide bonds. The van der Waals surface area contributed by atoms with E-state index in [-0.39, 0.29) is 0 Å². The lowest BCUT2D eigenvalue weighted by molar-refractivity contribution is 0.396. The monoisotopic (exact) mass is 217 g/mol. The molecule has 1 aromatic heterocycles. The van der Waals surface area contributed by atoms with Gasteiger partial charge in [0.2, 0.25) is 10.0 Å². The minimum absolute atomic E-state index is 0.468. The molecule has 0 aliphatic carbocycles. The molecule has 2 rings (SSSR count). The molecule has 1 aliphatic rings. The lowest BCUT2D eigenvalue weighted by Gasteiger charge is -2.23. The molecule has 1 radical (unpaired) electrons. The molecule has 71 valence electrons. The van der Waals surface area contributed by atoms with Crippen LogP contribution in [0.4, 0.5) is 0 Å². The number of nitrogens with zero attached hydrogens (tertiary/aromatic N) is 2. The zero-order valence-corrected chi connectivity index (χ0v) is 8.78. The highest BCUT2D eigenvalue weighted by atomic mass is 32.2. The fourth-order valence-electron chi connectivity index (χ4n) is 1.33. The first kappa shape index (κ1) is 9.11. The van der Waals surface area contributed by atoms with E-state index in [1.807, 2.05) is 0 Å². The molecule has 0 atom stereocenters. The number of hydrogen-bond acceptors (Lipinski definition) is 4. The Morgan fingerprint density at radius 2 is 2.38 bits per heavy atom. The molecule has 1 aromatic rings. The van der Waals surface area contributed by atoms with Crippen molar-refractivity contribution in [3.63, 3.8) is 0 Å². The van der Waals surface area contributed by atoms with Crippen molar-refractivity contribution >= 4 is 21.4 Å². The Bertz CT molecular complexity index is 410. The Kier molecular flexibility index (Phi) is 2.13. The van der Waals surface area contributed by atoms with Crippen molar-refractivity contribution in [1.82, 2.24) is 9.29 Å². The lowest BCUT2D eigenvalue weighted by atomic mass is 10.2. The number of aromatic nitrogens is 1. The third kappa shape index (κ3) is 1.74. The highest BCUT2D eigenvalue weighted by molar-refractivity contribution is 7.88. The van der Waals surface area contributed by atoms with Gasteiger partial charge in [0.05, 0.1) is 11.9 Å². The van der Waals surface area contributed by atoms with E-state index in [0.29, 0.717) is 19.5 Å². The molecular weight excluding hydrogens is 208 g/mol. The van der Waals surface area contributed by atoms with E-state index in [4.69, 9.17) is 0 Å². The molecule has 0 unspecified atom stereocenters. The first-order valence-electron chi connectivity index (χ1n) is 3.87. The minimum atomic E-state index is -3.05. The number of rotatable bonds is 1. The van der Waals surface area contributed by atoms with Crippen LogP contribution < -0.4 is 0 Å². The number of fused-ring (bicyclic) bond motifs is 1. The van der Waals surface area contributed by atoms with Gasteiger partial charge in [-0.2, -0.15) is 4.31 Å². The second kappa shape index (κ2) is 3.04. The van der Waals surface area contributed by atoms with Gasteiger partial charge >= 0.3 is 0 Å². The van der Waals surface area contributed by atoms with Crippen LogP contribution in [0.3, 0.4) is 0 Å². The van der Waals surface area contributed by atoms with E-state index < -0.39 is 10.0 Å². The predicted octanol–water partition coefficient (Wildman–Crippen LogP) is 0.261. The molecular formula is C7H9N2O2S2. The van der Waals surface area contributed by atoms with E-state index >= 15 is 0 Å². The van der Waals surface area contributed by atoms with Crippen molar-refractivity contribution in [3.05, 3.63) is 16.1 Å². The second-order valence-electron chi connectivity index (χ2n) is 3.02. The molecule has 0 spiro atoms. The van der Waals surface area contributed by atoms with E-state index in [1.54, 1.807) is 0 Å². The van der Waals surface area contributed by atoms with E-state index in [2.05, 4.69) is 10.5 Å². The molecule has 0 saturated heterocycles. The number of sulfonamides is 1. The van der Waals surface area contributed by atoms with Crippen LogP contribution in [-0.4, -0.2) is 30.5 Å². The molecule has 2 heterocycles. The van der Waals surface area contributed by atoms with E-state index in [9.17, 15) is 8.42 Å². The summed E-state index contributed by atoms with van der Waals surface area (Å²) in [6, 6.07) is 0. The Balaban J connectivity index is 2.27. The third-order valence-corrected chi connectivity index (χ3v) is 4.10. The van der Waals surface area contributed by atoms with Gasteiger partial charge in [-0.25, -0.2) is 13.4 Å². The fourth-order valence-corrected chi connectivity index (χ4v) is 2.95. The Morgan fingerprint density at radius 3 is 3.08 bits per heavy atom. The summed E-state index contributed by atoms with van der Waals surface area (Å²) in [6.07, 6.45) is 1.95. The Hall–Kier alpha value is -0.460. The van der Waals surface area contributed by atoms with Crippen LogP contribution >= 0.6 is 11.3 Å². The third-order valence-electron chi connectivity index (χ3n) is 2.06. The van der Waals surface area contributed by atoms with Gasteiger partial charge in [0.15, 0.2) is 5.51 Å². The maximum Gasteiger partial charge on any atom is 0.211 e. The molecule has 0 aromatic carbocycles. The zero-order chi connectivity index (χ0) is 9.47. The summed E-state index contributed by atoms with van der Waals surface area (Å²) in [5.41, 5.74) is 3.79. The predicted molar refractivity (Wildman–Crippen MR) is 49.9 cm³/mol. The van der Waals surface area contributed by atoms with Gasteiger partial charge in [0, 0.05) is 24.4 Å². The first-order valence-corrected chi connectivity index (χ1v) is 6.53. The molecule has 6 heteroatoms. The van der Waals surface area contributed by atoms with Crippen LogP contribution in [0.25, 0.3) is 0 Å². The van der Waals surface area contributed by atoms with E-state index in [0.717, 1.165) is 10.6 Å². The van der Waals surface area contributed by atoms with Crippen LogP contribution in [0.15, 0.2) is 0 Å². The largest absolute Gasteiger partial charge is 0.238 e. The SMILES string of the molecule is CS(=O)(=O)N1CCc2n[c]sc2C1. The lowest BCUT2D eigenvalue weighted by Crippen LogP contribution is -2.34. The molecule has 1 aliphatic heterocycles. The number of thiazole rings is 1. The van der Waals surface area contributed by atoms with Crippen molar-refractivity contribution in [2.75, 3.05) is 12.8 Å². The molecule has 0 fully saturated rings. The summed E-state index contributed by atoms with van der Waals surface area (Å²) in [4.78, 5) is 5.07. The zero-order valence-electron chi connectivity index (χ0n) is 7.15. The Labute approximate surface area is 81.3 Å². The van der Waals surface area contributed by atoms with Gasteiger partial charge in [-0.05, 0) is 0 Å². The standard InChI is InChI=1S/C7H9N2O2S2/c1-13(10,11)9-3-2-6-7(4-9)12-5-8-6/h2-4H2,1H3. The number of hydrogen-bond donors (Lipinski definition) is 0. The van der Waals surface area contributed by atoms with E-state index in [1.165, 1.54) is 21.9 Å². The topological polar surface area (TPSA) is 50.3 Å². The van der Waals surface area contributed by atoms with Crippen LogP contribution in [0.2, 0.25) is 0 Å². The van der Waals surface area contributed by atoms with Crippen molar-refractivity contribution in [2.24, 2.45) is 0 Å². The van der Waals surface area contributed by atoms with Gasteiger partial charge in [0.1, 0.15) is 0 Å². The summed E-state index contributed by atoms with van der Waals surface area (Å²) in [7, 11) is -3.05. The van der Waals surface area contributed by atoms with Gasteiger partial charge in [0.25, 0.3) is 0 Å². The first-order chi connectivity index (χ1) is 6.07. The van der Waals surface area contributed by atoms with Gasteiger partial charge < -0.3 is 0 Å².